The fourth-order valence-corrected chi connectivity index (χ4v) is 2.84. The first kappa shape index (κ1) is 18.6. The van der Waals surface area contributed by atoms with Crippen LogP contribution < -0.4 is 10.6 Å². The van der Waals surface area contributed by atoms with Crippen molar-refractivity contribution in [3.05, 3.63) is 69.4 Å². The number of carbonyl (C=O) groups is 1. The third-order valence-electron chi connectivity index (χ3n) is 4.01. The van der Waals surface area contributed by atoms with Gasteiger partial charge in [-0.05, 0) is 62.1 Å². The number of amides is 1. The highest BCUT2D eigenvalue weighted by molar-refractivity contribution is 6.33. The summed E-state index contributed by atoms with van der Waals surface area (Å²) in [5.74, 6) is -0.468. The number of nitrogens with one attached hydrogen (secondary N) is 2. The number of hydrogen-bond donors (Lipinski definition) is 2. The first-order chi connectivity index (χ1) is 11.8. The lowest BCUT2D eigenvalue weighted by Gasteiger charge is -2.11. The average molecular weight is 354 g/mol. The van der Waals surface area contributed by atoms with Crippen molar-refractivity contribution in [2.75, 3.05) is 10.6 Å². The molecule has 0 aliphatic heterocycles. The van der Waals surface area contributed by atoms with Crippen LogP contribution in [0.2, 0.25) is 5.02 Å². The number of rotatable bonds is 4. The van der Waals surface area contributed by atoms with E-state index < -0.39 is 5.91 Å². The Morgan fingerprint density at radius 2 is 1.88 bits per heavy atom. The Balaban J connectivity index is 2.22. The Hall–Kier alpha value is -2.77. The van der Waals surface area contributed by atoms with Gasteiger partial charge in [0.2, 0.25) is 0 Å². The maximum Gasteiger partial charge on any atom is 0.267 e. The van der Waals surface area contributed by atoms with Gasteiger partial charge >= 0.3 is 0 Å². The van der Waals surface area contributed by atoms with Gasteiger partial charge in [0.15, 0.2) is 0 Å². The molecule has 5 heteroatoms. The Kier molecular flexibility index (Phi) is 5.84. The van der Waals surface area contributed by atoms with Crippen LogP contribution in [-0.2, 0) is 4.79 Å². The molecule has 2 aromatic carbocycles. The van der Waals surface area contributed by atoms with Crippen LogP contribution in [0, 0.1) is 39.0 Å². The number of halogens is 1. The van der Waals surface area contributed by atoms with Crippen LogP contribution >= 0.6 is 11.6 Å². The number of nitrogens with zero attached hydrogens (tertiary/aromatic N) is 1. The monoisotopic (exact) mass is 353 g/mol. The summed E-state index contributed by atoms with van der Waals surface area (Å²) in [5, 5.41) is 15.6. The van der Waals surface area contributed by atoms with Crippen molar-refractivity contribution in [3.8, 4) is 6.07 Å². The number of benzene rings is 2. The molecule has 1 amide bonds. The van der Waals surface area contributed by atoms with Crippen LogP contribution in [0.3, 0.4) is 0 Å². The first-order valence-corrected chi connectivity index (χ1v) is 8.22. The van der Waals surface area contributed by atoms with Crippen LogP contribution in [-0.4, -0.2) is 5.91 Å². The van der Waals surface area contributed by atoms with Crippen molar-refractivity contribution < 1.29 is 4.79 Å². The number of aryl methyl sites for hydroxylation is 3. The van der Waals surface area contributed by atoms with Gasteiger partial charge in [-0.1, -0.05) is 29.8 Å². The Morgan fingerprint density at radius 3 is 2.52 bits per heavy atom. The summed E-state index contributed by atoms with van der Waals surface area (Å²) in [6.45, 7) is 7.76. The van der Waals surface area contributed by atoms with Gasteiger partial charge in [-0.25, -0.2) is 0 Å². The lowest BCUT2D eigenvalue weighted by molar-refractivity contribution is -0.112. The molecule has 0 aliphatic carbocycles. The maximum absolute atomic E-state index is 12.4. The van der Waals surface area contributed by atoms with E-state index in [-0.39, 0.29) is 5.57 Å². The Morgan fingerprint density at radius 1 is 1.16 bits per heavy atom. The summed E-state index contributed by atoms with van der Waals surface area (Å²) in [5.41, 5.74) is 5.37. The molecule has 0 aromatic heterocycles. The quantitative estimate of drug-likeness (QED) is 0.598. The Labute approximate surface area is 153 Å². The van der Waals surface area contributed by atoms with E-state index in [1.807, 2.05) is 64.1 Å². The second-order valence-electron chi connectivity index (χ2n) is 5.95. The molecule has 2 aromatic rings. The van der Waals surface area contributed by atoms with Crippen LogP contribution in [0.25, 0.3) is 0 Å². The lowest BCUT2D eigenvalue weighted by Crippen LogP contribution is -2.15. The predicted octanol–water partition coefficient (Wildman–Crippen LogP) is 5.03. The molecule has 0 spiro atoms. The zero-order chi connectivity index (χ0) is 18.6. The van der Waals surface area contributed by atoms with Gasteiger partial charge < -0.3 is 10.6 Å². The molecular formula is C20H20ClN3O. The molecule has 0 saturated carbocycles. The summed E-state index contributed by atoms with van der Waals surface area (Å²) >= 11 is 6.23. The highest BCUT2D eigenvalue weighted by Gasteiger charge is 2.12. The molecule has 0 atom stereocenters. The SMILES string of the molecule is Cc1cc(C)c(N/C=C(/C#N)C(=O)Nc2cccc(C)c2C)c(Cl)c1. The predicted molar refractivity (Wildman–Crippen MR) is 103 cm³/mol. The molecule has 0 radical (unpaired) electrons. The lowest BCUT2D eigenvalue weighted by atomic mass is 10.1. The van der Waals surface area contributed by atoms with Gasteiger partial charge in [0.25, 0.3) is 5.91 Å². The van der Waals surface area contributed by atoms with Crippen molar-refractivity contribution in [3.63, 3.8) is 0 Å². The van der Waals surface area contributed by atoms with E-state index >= 15 is 0 Å². The maximum atomic E-state index is 12.4. The van der Waals surface area contributed by atoms with Gasteiger partial charge in [-0.3, -0.25) is 4.79 Å². The van der Waals surface area contributed by atoms with Crippen LogP contribution in [0.1, 0.15) is 22.3 Å². The molecule has 0 fully saturated rings. The molecule has 4 nitrogen and oxygen atoms in total. The highest BCUT2D eigenvalue weighted by Crippen LogP contribution is 2.27. The van der Waals surface area contributed by atoms with Crippen molar-refractivity contribution in [2.24, 2.45) is 0 Å². The second kappa shape index (κ2) is 7.87. The molecule has 2 rings (SSSR count). The summed E-state index contributed by atoms with van der Waals surface area (Å²) in [6, 6.07) is 11.4. The molecule has 0 bridgehead atoms. The molecule has 0 heterocycles. The van der Waals surface area contributed by atoms with E-state index in [0.29, 0.717) is 16.4 Å². The van der Waals surface area contributed by atoms with Crippen molar-refractivity contribution in [2.45, 2.75) is 27.7 Å². The summed E-state index contributed by atoms with van der Waals surface area (Å²) < 4.78 is 0. The molecule has 25 heavy (non-hydrogen) atoms. The number of carbonyl (C=O) groups excluding carboxylic acids is 1. The minimum atomic E-state index is -0.468. The minimum absolute atomic E-state index is 0.0306. The van der Waals surface area contributed by atoms with E-state index in [9.17, 15) is 10.1 Å². The van der Waals surface area contributed by atoms with Crippen molar-refractivity contribution in [1.82, 2.24) is 0 Å². The van der Waals surface area contributed by atoms with Gasteiger partial charge in [0, 0.05) is 11.9 Å². The molecule has 0 aliphatic rings. The average Bonchev–Trinajstić information content (AvgIpc) is 2.54. The smallest absolute Gasteiger partial charge is 0.267 e. The summed E-state index contributed by atoms with van der Waals surface area (Å²) in [6.07, 6.45) is 1.38. The van der Waals surface area contributed by atoms with Gasteiger partial charge in [-0.15, -0.1) is 0 Å². The topological polar surface area (TPSA) is 64.9 Å². The third kappa shape index (κ3) is 4.40. The molecular weight excluding hydrogens is 334 g/mol. The van der Waals surface area contributed by atoms with E-state index in [0.717, 1.165) is 22.3 Å². The van der Waals surface area contributed by atoms with Crippen molar-refractivity contribution >= 4 is 28.9 Å². The summed E-state index contributed by atoms with van der Waals surface area (Å²) in [7, 11) is 0. The molecule has 2 N–H and O–H groups in total. The standard InChI is InChI=1S/C20H20ClN3O/c1-12-8-14(3)19(17(21)9-12)23-11-16(10-22)20(25)24-18-7-5-6-13(2)15(18)4/h5-9,11,23H,1-4H3,(H,24,25)/b16-11-. The molecule has 0 unspecified atom stereocenters. The fraction of sp³-hybridized carbons (Fsp3) is 0.200. The largest absolute Gasteiger partial charge is 0.359 e. The summed E-state index contributed by atoms with van der Waals surface area (Å²) in [4.78, 5) is 12.4. The van der Waals surface area contributed by atoms with Crippen LogP contribution in [0.15, 0.2) is 42.1 Å². The van der Waals surface area contributed by atoms with E-state index in [4.69, 9.17) is 11.6 Å². The minimum Gasteiger partial charge on any atom is -0.359 e. The van der Waals surface area contributed by atoms with E-state index in [2.05, 4.69) is 10.6 Å². The second-order valence-corrected chi connectivity index (χ2v) is 6.36. The number of anilines is 2. The highest BCUT2D eigenvalue weighted by atomic mass is 35.5. The van der Waals surface area contributed by atoms with E-state index in [1.165, 1.54) is 6.20 Å². The third-order valence-corrected chi connectivity index (χ3v) is 4.31. The number of hydrogen-bond acceptors (Lipinski definition) is 3. The van der Waals surface area contributed by atoms with Gasteiger partial charge in [0.05, 0.1) is 10.7 Å². The molecule has 128 valence electrons. The van der Waals surface area contributed by atoms with Gasteiger partial charge in [-0.2, -0.15) is 5.26 Å². The molecule has 0 saturated heterocycles. The van der Waals surface area contributed by atoms with E-state index in [1.54, 1.807) is 0 Å². The van der Waals surface area contributed by atoms with Crippen LogP contribution in [0.5, 0.6) is 0 Å². The zero-order valence-corrected chi connectivity index (χ0v) is 15.5. The van der Waals surface area contributed by atoms with Crippen molar-refractivity contribution in [1.29, 1.82) is 5.26 Å². The van der Waals surface area contributed by atoms with Crippen LogP contribution in [0.4, 0.5) is 11.4 Å². The number of nitriles is 1. The first-order valence-electron chi connectivity index (χ1n) is 7.84. The zero-order valence-electron chi connectivity index (χ0n) is 14.7. The van der Waals surface area contributed by atoms with Gasteiger partial charge in [0.1, 0.15) is 11.6 Å². The fourth-order valence-electron chi connectivity index (χ4n) is 2.47. The Bertz CT molecular complexity index is 871. The normalized spacial score (nSPS) is 11.0.